The van der Waals surface area contributed by atoms with Crippen LogP contribution in [-0.4, -0.2) is 0 Å². The molecule has 0 saturated heterocycles. The molecule has 12 unspecified atom stereocenters. The van der Waals surface area contributed by atoms with Gasteiger partial charge in [-0.2, -0.15) is 0 Å². The van der Waals surface area contributed by atoms with Crippen LogP contribution < -0.4 is 0 Å². The lowest BCUT2D eigenvalue weighted by Crippen LogP contribution is -2.62. The maximum atomic E-state index is 2.88. The summed E-state index contributed by atoms with van der Waals surface area (Å²) in [6.45, 7) is 49.2. The zero-order chi connectivity index (χ0) is 28.9. The Hall–Kier alpha value is -0.260. The quantitative estimate of drug-likeness (QED) is 0.221. The molecule has 0 aromatic carbocycles. The molecule has 0 radical (unpaired) electrons. The lowest BCUT2D eigenvalue weighted by molar-refractivity contribution is -0.195. The third-order valence-corrected chi connectivity index (χ3v) is 21.2. The topological polar surface area (TPSA) is 0 Å². The van der Waals surface area contributed by atoms with E-state index < -0.39 is 0 Å². The minimum atomic E-state index is 0.283. The molecule has 7 aliphatic carbocycles. The van der Waals surface area contributed by atoms with Gasteiger partial charge in [-0.3, -0.25) is 0 Å². The van der Waals surface area contributed by atoms with Crippen molar-refractivity contribution in [2.24, 2.45) is 100 Å². The second kappa shape index (κ2) is 5.58. The molecule has 12 atom stereocenters. The molecule has 0 heteroatoms. The maximum absolute atomic E-state index is 2.88. The molecule has 0 aromatic heterocycles. The monoisotopic (exact) mass is 518 g/mol. The molecule has 0 heterocycles. The first-order valence-corrected chi connectivity index (χ1v) is 16.4. The Morgan fingerprint density at radius 3 is 1.24 bits per heavy atom. The van der Waals surface area contributed by atoms with Crippen LogP contribution in [0.1, 0.15) is 125 Å². The van der Waals surface area contributed by atoms with Gasteiger partial charge in [0.05, 0.1) is 0 Å². The van der Waals surface area contributed by atoms with E-state index in [9.17, 15) is 0 Å². The first-order chi connectivity index (χ1) is 16.7. The maximum Gasteiger partial charge on any atom is -0.00504 e. The van der Waals surface area contributed by atoms with Gasteiger partial charge in [0, 0.05) is 0 Å². The molecule has 0 spiro atoms. The van der Waals surface area contributed by atoms with Gasteiger partial charge in [-0.25, -0.2) is 0 Å². The van der Waals surface area contributed by atoms with Crippen molar-refractivity contribution < 1.29 is 0 Å². The highest BCUT2D eigenvalue weighted by Gasteiger charge is 2.98. The fourth-order valence-electron chi connectivity index (χ4n) is 17.7. The number of hydrogen-bond acceptors (Lipinski definition) is 0. The standard InChI is InChI=1S/C38H62/c1-27(2)23-21(33(13)19-20-34(23,14)30(33,7)8)22-24(27)36(16)26-25(35(22,15)31(36,9)10)37(17)28(3,4)29(5,6)38(26,18)32(37,11)12/h19-26H,1-18H3. The van der Waals surface area contributed by atoms with Crippen LogP contribution in [0.3, 0.4) is 0 Å². The lowest BCUT2D eigenvalue weighted by atomic mass is 9.37. The van der Waals surface area contributed by atoms with Crippen molar-refractivity contribution in [3.63, 3.8) is 0 Å². The van der Waals surface area contributed by atoms with Gasteiger partial charge in [-0.1, -0.05) is 137 Å². The van der Waals surface area contributed by atoms with Crippen LogP contribution in [0.2, 0.25) is 0 Å². The van der Waals surface area contributed by atoms with Crippen LogP contribution >= 0.6 is 0 Å². The van der Waals surface area contributed by atoms with E-state index in [4.69, 9.17) is 0 Å². The Balaban J connectivity index is 1.58. The van der Waals surface area contributed by atoms with E-state index in [1.165, 1.54) is 0 Å². The van der Waals surface area contributed by atoms with Gasteiger partial charge in [0.15, 0.2) is 0 Å². The highest BCUT2D eigenvalue weighted by Crippen LogP contribution is 3.02. The third kappa shape index (κ3) is 1.61. The Morgan fingerprint density at radius 1 is 0.342 bits per heavy atom. The van der Waals surface area contributed by atoms with Gasteiger partial charge < -0.3 is 0 Å². The van der Waals surface area contributed by atoms with Crippen molar-refractivity contribution in [3.05, 3.63) is 12.2 Å². The Bertz CT molecular complexity index is 1220. The van der Waals surface area contributed by atoms with Crippen LogP contribution in [0.25, 0.3) is 0 Å². The van der Waals surface area contributed by atoms with E-state index in [0.29, 0.717) is 43.3 Å². The molecule has 0 nitrogen and oxygen atoms in total. The summed E-state index contributed by atoms with van der Waals surface area (Å²) in [5, 5.41) is 0. The number of allylic oxidation sites excluding steroid dienone is 2. The van der Waals surface area contributed by atoms with Gasteiger partial charge in [-0.05, 0) is 100 Å². The smallest absolute Gasteiger partial charge is 0.00504 e. The van der Waals surface area contributed by atoms with Gasteiger partial charge in [0.1, 0.15) is 0 Å². The van der Waals surface area contributed by atoms with Crippen LogP contribution in [0.5, 0.6) is 0 Å². The molecule has 38 heavy (non-hydrogen) atoms. The van der Waals surface area contributed by atoms with Crippen molar-refractivity contribution in [3.8, 4) is 0 Å². The normalized spacial score (nSPS) is 64.8. The first-order valence-electron chi connectivity index (χ1n) is 16.4. The minimum absolute atomic E-state index is 0.283. The van der Waals surface area contributed by atoms with E-state index in [1.54, 1.807) is 0 Å². The van der Waals surface area contributed by atoms with Gasteiger partial charge in [0.25, 0.3) is 0 Å². The molecular weight excluding hydrogens is 456 g/mol. The molecule has 6 fully saturated rings. The van der Waals surface area contributed by atoms with E-state index in [1.807, 2.05) is 0 Å². The molecule has 0 amide bonds. The molecule has 6 bridgehead atoms. The van der Waals surface area contributed by atoms with E-state index in [-0.39, 0.29) is 21.7 Å². The summed E-state index contributed by atoms with van der Waals surface area (Å²) in [7, 11) is 0. The zero-order valence-corrected chi connectivity index (χ0v) is 28.6. The molecule has 214 valence electrons. The predicted octanol–water partition coefficient (Wildman–Crippen LogP) is 10.5. The SMILES string of the molecule is CC1(C)C2C(C3C1C1(C)C4C(C3(C)C1(C)C)C1(C)C(C)(C)C(C)(C)C4(C)C1(C)C)C1(C)C=CC2(C)C1(C)C. The average Bonchev–Trinajstić information content (AvgIpc) is 3.35. The molecule has 7 aliphatic rings. The fourth-order valence-corrected chi connectivity index (χ4v) is 17.7. The summed E-state index contributed by atoms with van der Waals surface area (Å²) in [6, 6.07) is 0. The number of hydrogen-bond donors (Lipinski definition) is 0. The van der Waals surface area contributed by atoms with Crippen molar-refractivity contribution in [2.75, 3.05) is 0 Å². The van der Waals surface area contributed by atoms with E-state index in [2.05, 4.69) is 137 Å². The Kier molecular flexibility index (Phi) is 3.91. The third-order valence-electron chi connectivity index (χ3n) is 21.2. The van der Waals surface area contributed by atoms with Crippen molar-refractivity contribution in [2.45, 2.75) is 125 Å². The molecule has 7 rings (SSSR count). The largest absolute Gasteiger partial charge is 0.0811 e. The minimum Gasteiger partial charge on any atom is -0.0811 e. The number of fused-ring (bicyclic) bond motifs is 18. The lowest BCUT2D eigenvalue weighted by Gasteiger charge is -2.66. The summed E-state index contributed by atoms with van der Waals surface area (Å²) < 4.78 is 0. The van der Waals surface area contributed by atoms with Crippen molar-refractivity contribution in [1.82, 2.24) is 0 Å². The molecule has 0 aromatic rings. The second-order valence-electron chi connectivity index (χ2n) is 20.8. The van der Waals surface area contributed by atoms with Crippen LogP contribution in [-0.2, 0) is 0 Å². The Labute approximate surface area is 237 Å². The van der Waals surface area contributed by atoms with Crippen molar-refractivity contribution in [1.29, 1.82) is 0 Å². The summed E-state index contributed by atoms with van der Waals surface area (Å²) in [6.07, 6.45) is 5.44. The van der Waals surface area contributed by atoms with Crippen LogP contribution in [0, 0.1) is 100 Å². The fraction of sp³-hybridized carbons (Fsp3) is 0.947. The van der Waals surface area contributed by atoms with E-state index >= 15 is 0 Å². The summed E-state index contributed by atoms with van der Waals surface area (Å²) in [4.78, 5) is 0. The van der Waals surface area contributed by atoms with Gasteiger partial charge in [0.2, 0.25) is 0 Å². The molecular formula is C38H62. The Morgan fingerprint density at radius 2 is 0.763 bits per heavy atom. The predicted molar refractivity (Wildman–Crippen MR) is 161 cm³/mol. The average molecular weight is 519 g/mol. The van der Waals surface area contributed by atoms with Crippen LogP contribution in [0.15, 0.2) is 12.2 Å². The summed E-state index contributed by atoms with van der Waals surface area (Å²) in [5.74, 6) is 4.70. The molecule has 6 saturated carbocycles. The summed E-state index contributed by atoms with van der Waals surface area (Å²) in [5.41, 5.74) is 3.67. The zero-order valence-electron chi connectivity index (χ0n) is 28.6. The number of rotatable bonds is 0. The summed E-state index contributed by atoms with van der Waals surface area (Å²) >= 11 is 0. The van der Waals surface area contributed by atoms with Gasteiger partial charge >= 0.3 is 0 Å². The molecule has 0 aliphatic heterocycles. The first kappa shape index (κ1) is 26.6. The highest BCUT2D eigenvalue weighted by atomic mass is 15.0. The second-order valence-corrected chi connectivity index (χ2v) is 20.8. The van der Waals surface area contributed by atoms with E-state index in [0.717, 1.165) is 35.5 Å². The van der Waals surface area contributed by atoms with Crippen molar-refractivity contribution >= 4 is 0 Å². The van der Waals surface area contributed by atoms with Crippen LogP contribution in [0.4, 0.5) is 0 Å². The molecule has 0 N–H and O–H groups in total. The highest BCUT2D eigenvalue weighted by molar-refractivity contribution is 5.47. The van der Waals surface area contributed by atoms with Gasteiger partial charge in [-0.15, -0.1) is 0 Å².